The summed E-state index contributed by atoms with van der Waals surface area (Å²) in [5.41, 5.74) is 5.33. The number of fused-ring (bicyclic) bond motifs is 1. The molecule has 1 aliphatic rings. The number of rotatable bonds is 6. The quantitative estimate of drug-likeness (QED) is 0.115. The highest BCUT2D eigenvalue weighted by Gasteiger charge is 2.35. The number of carbonyl (C=O) groups excluding carboxylic acids is 2. The van der Waals surface area contributed by atoms with E-state index in [4.69, 9.17) is 0 Å². The number of hydrazone groups is 1. The van der Waals surface area contributed by atoms with Crippen molar-refractivity contribution >= 4 is 23.7 Å². The number of aromatic nitrogens is 1. The van der Waals surface area contributed by atoms with Gasteiger partial charge in [0.25, 0.3) is 17.5 Å². The van der Waals surface area contributed by atoms with Gasteiger partial charge < -0.3 is 4.57 Å². The summed E-state index contributed by atoms with van der Waals surface area (Å²) in [6, 6.07) is 34.2. The van der Waals surface area contributed by atoms with Crippen LogP contribution in [0.4, 0.5) is 5.69 Å². The maximum absolute atomic E-state index is 12.9. The van der Waals surface area contributed by atoms with E-state index in [2.05, 4.69) is 5.10 Å². The van der Waals surface area contributed by atoms with Crippen molar-refractivity contribution in [3.8, 4) is 28.2 Å². The second kappa shape index (κ2) is 9.68. The average molecular weight is 513 g/mol. The highest BCUT2D eigenvalue weighted by molar-refractivity contribution is 6.21. The predicted molar refractivity (Wildman–Crippen MR) is 148 cm³/mol. The minimum absolute atomic E-state index is 0.0131. The Bertz CT molecular complexity index is 1720. The third kappa shape index (κ3) is 4.19. The number of amides is 2. The van der Waals surface area contributed by atoms with E-state index in [0.717, 1.165) is 27.5 Å². The molecular formula is C31H20N4O4. The third-order valence-electron chi connectivity index (χ3n) is 6.55. The molecule has 8 nitrogen and oxygen atoms in total. The molecule has 2 heterocycles. The van der Waals surface area contributed by atoms with E-state index < -0.39 is 16.7 Å². The lowest BCUT2D eigenvalue weighted by atomic mass is 10.1. The second-order valence-electron chi connectivity index (χ2n) is 8.89. The van der Waals surface area contributed by atoms with E-state index >= 15 is 0 Å². The van der Waals surface area contributed by atoms with Gasteiger partial charge in [0.1, 0.15) is 0 Å². The molecule has 2 amide bonds. The van der Waals surface area contributed by atoms with Crippen molar-refractivity contribution < 1.29 is 14.5 Å². The Kier molecular flexibility index (Phi) is 5.89. The molecule has 0 saturated heterocycles. The normalized spacial score (nSPS) is 12.8. The van der Waals surface area contributed by atoms with Crippen LogP contribution in [0.2, 0.25) is 0 Å². The van der Waals surface area contributed by atoms with E-state index in [-0.39, 0.29) is 5.69 Å². The van der Waals surface area contributed by atoms with Crippen molar-refractivity contribution in [1.29, 1.82) is 0 Å². The number of imide groups is 1. The zero-order valence-electron chi connectivity index (χ0n) is 20.5. The van der Waals surface area contributed by atoms with E-state index in [1.54, 1.807) is 36.4 Å². The Morgan fingerprint density at radius 1 is 0.692 bits per heavy atom. The zero-order valence-corrected chi connectivity index (χ0v) is 20.5. The number of nitrogens with zero attached hydrogens (tertiary/aromatic N) is 4. The Labute approximate surface area is 223 Å². The molecule has 0 atom stereocenters. The van der Waals surface area contributed by atoms with Crippen LogP contribution in [0.25, 0.3) is 28.2 Å². The third-order valence-corrected chi connectivity index (χ3v) is 6.55. The molecule has 5 aromatic rings. The van der Waals surface area contributed by atoms with Crippen LogP contribution < -0.4 is 0 Å². The Morgan fingerprint density at radius 3 is 1.79 bits per heavy atom. The average Bonchev–Trinajstić information content (AvgIpc) is 3.48. The van der Waals surface area contributed by atoms with Crippen LogP contribution in [-0.4, -0.2) is 32.5 Å². The Hall–Kier alpha value is -5.63. The maximum Gasteiger partial charge on any atom is 0.282 e. The highest BCUT2D eigenvalue weighted by atomic mass is 16.6. The van der Waals surface area contributed by atoms with Crippen molar-refractivity contribution in [3.63, 3.8) is 0 Å². The van der Waals surface area contributed by atoms with E-state index in [9.17, 15) is 19.7 Å². The molecule has 0 unspecified atom stereocenters. The molecule has 1 aliphatic heterocycles. The fourth-order valence-electron chi connectivity index (χ4n) is 4.73. The highest BCUT2D eigenvalue weighted by Crippen LogP contribution is 2.36. The second-order valence-corrected chi connectivity index (χ2v) is 8.89. The molecule has 8 heteroatoms. The van der Waals surface area contributed by atoms with Gasteiger partial charge in [0.2, 0.25) is 0 Å². The molecular weight excluding hydrogens is 492 g/mol. The van der Waals surface area contributed by atoms with Gasteiger partial charge in [-0.05, 0) is 41.5 Å². The molecule has 0 aliphatic carbocycles. The summed E-state index contributed by atoms with van der Waals surface area (Å²) in [6.07, 6.45) is 1.51. The summed E-state index contributed by atoms with van der Waals surface area (Å²) in [4.78, 5) is 36.7. The van der Waals surface area contributed by atoms with Gasteiger partial charge in [-0.15, -0.1) is 0 Å². The monoisotopic (exact) mass is 512 g/mol. The van der Waals surface area contributed by atoms with Crippen LogP contribution in [0.15, 0.2) is 120 Å². The number of benzene rings is 4. The SMILES string of the molecule is O=C1c2ccccc2C(=O)N1/N=C\c1cc(-c2ccccc2)n(-c2ccc([N+](=O)[O-])cc2)c1-c1ccccc1. The van der Waals surface area contributed by atoms with E-state index in [1.807, 2.05) is 71.3 Å². The first-order valence-corrected chi connectivity index (χ1v) is 12.2. The molecule has 0 spiro atoms. The Balaban J connectivity index is 1.55. The summed E-state index contributed by atoms with van der Waals surface area (Å²) >= 11 is 0. The van der Waals surface area contributed by atoms with Gasteiger partial charge in [0.15, 0.2) is 0 Å². The molecule has 4 aromatic carbocycles. The molecule has 0 fully saturated rings. The van der Waals surface area contributed by atoms with Gasteiger partial charge in [0, 0.05) is 23.4 Å². The molecule has 39 heavy (non-hydrogen) atoms. The molecule has 0 bridgehead atoms. The van der Waals surface area contributed by atoms with Crippen molar-refractivity contribution in [1.82, 2.24) is 9.58 Å². The molecule has 0 saturated carbocycles. The lowest BCUT2D eigenvalue weighted by Crippen LogP contribution is -2.24. The van der Waals surface area contributed by atoms with Gasteiger partial charge in [0.05, 0.1) is 33.7 Å². The topological polar surface area (TPSA) is 97.8 Å². The molecule has 0 N–H and O–H groups in total. The van der Waals surface area contributed by atoms with Gasteiger partial charge >= 0.3 is 0 Å². The number of hydrogen-bond donors (Lipinski definition) is 0. The summed E-state index contributed by atoms with van der Waals surface area (Å²) < 4.78 is 2.00. The minimum atomic E-state index is -0.480. The van der Waals surface area contributed by atoms with Crippen LogP contribution >= 0.6 is 0 Å². The van der Waals surface area contributed by atoms with Gasteiger partial charge in [-0.2, -0.15) is 10.1 Å². The van der Waals surface area contributed by atoms with E-state index in [0.29, 0.717) is 22.4 Å². The lowest BCUT2D eigenvalue weighted by Gasteiger charge is -2.15. The smallest absolute Gasteiger partial charge is 0.282 e. The molecule has 188 valence electrons. The van der Waals surface area contributed by atoms with Crippen LogP contribution in [0, 0.1) is 10.1 Å². The van der Waals surface area contributed by atoms with Crippen LogP contribution in [0.1, 0.15) is 26.3 Å². The number of carbonyl (C=O) groups is 2. The summed E-state index contributed by atoms with van der Waals surface area (Å²) in [7, 11) is 0. The first-order valence-electron chi connectivity index (χ1n) is 12.2. The van der Waals surface area contributed by atoms with Crippen molar-refractivity contribution in [2.45, 2.75) is 0 Å². The van der Waals surface area contributed by atoms with Gasteiger partial charge in [-0.25, -0.2) is 0 Å². The minimum Gasteiger partial charge on any atom is -0.309 e. The largest absolute Gasteiger partial charge is 0.309 e. The van der Waals surface area contributed by atoms with Crippen LogP contribution in [0.5, 0.6) is 0 Å². The first-order chi connectivity index (χ1) is 19.0. The fraction of sp³-hybridized carbons (Fsp3) is 0. The van der Waals surface area contributed by atoms with Crippen molar-refractivity contribution in [3.05, 3.63) is 142 Å². The van der Waals surface area contributed by atoms with Crippen molar-refractivity contribution in [2.75, 3.05) is 0 Å². The van der Waals surface area contributed by atoms with Gasteiger partial charge in [-0.3, -0.25) is 19.7 Å². The van der Waals surface area contributed by atoms with Crippen LogP contribution in [-0.2, 0) is 0 Å². The van der Waals surface area contributed by atoms with Crippen molar-refractivity contribution in [2.24, 2.45) is 5.10 Å². The van der Waals surface area contributed by atoms with Crippen LogP contribution in [0.3, 0.4) is 0 Å². The summed E-state index contributed by atoms with van der Waals surface area (Å²) in [6.45, 7) is 0. The number of nitro benzene ring substituents is 1. The number of hydrogen-bond acceptors (Lipinski definition) is 5. The fourth-order valence-corrected chi connectivity index (χ4v) is 4.73. The lowest BCUT2D eigenvalue weighted by molar-refractivity contribution is -0.384. The Morgan fingerprint density at radius 2 is 1.23 bits per heavy atom. The standard InChI is InChI=1S/C31H20N4O4/c36-30-26-13-7-8-14-27(26)31(37)34(30)32-20-23-19-28(21-9-3-1-4-10-21)33(29(23)22-11-5-2-6-12-22)24-15-17-25(18-16-24)35(38)39/h1-20H/b32-20-. The molecule has 0 radical (unpaired) electrons. The number of nitro groups is 1. The summed E-state index contributed by atoms with van der Waals surface area (Å²) in [5.74, 6) is -0.961. The summed E-state index contributed by atoms with van der Waals surface area (Å²) in [5, 5.41) is 16.5. The predicted octanol–water partition coefficient (Wildman–Crippen LogP) is 6.35. The van der Waals surface area contributed by atoms with E-state index in [1.165, 1.54) is 18.3 Å². The zero-order chi connectivity index (χ0) is 26.9. The van der Waals surface area contributed by atoms with Gasteiger partial charge in [-0.1, -0.05) is 72.8 Å². The maximum atomic E-state index is 12.9. The molecule has 1 aromatic heterocycles. The molecule has 6 rings (SSSR count). The number of non-ortho nitro benzene ring substituents is 1. The first kappa shape index (κ1) is 23.7.